The van der Waals surface area contributed by atoms with Crippen LogP contribution in [0.25, 0.3) is 0 Å². The Morgan fingerprint density at radius 2 is 2.11 bits per heavy atom. The summed E-state index contributed by atoms with van der Waals surface area (Å²) in [6, 6.07) is 4.25. The second-order valence-electron chi connectivity index (χ2n) is 5.05. The van der Waals surface area contributed by atoms with Gasteiger partial charge in [0.2, 0.25) is 0 Å². The number of rotatable bonds is 3. The van der Waals surface area contributed by atoms with Gasteiger partial charge in [0, 0.05) is 24.4 Å². The van der Waals surface area contributed by atoms with Gasteiger partial charge in [-0.15, -0.1) is 0 Å². The number of nitrogens with two attached hydrogens (primary N) is 1. The first-order chi connectivity index (χ1) is 8.86. The van der Waals surface area contributed by atoms with E-state index in [1.54, 1.807) is 6.07 Å². The summed E-state index contributed by atoms with van der Waals surface area (Å²) in [6.07, 6.45) is 3.58. The molecule has 0 saturated heterocycles. The first-order valence-electron chi connectivity index (χ1n) is 6.27. The Kier molecular flexibility index (Phi) is 3.99. The minimum atomic E-state index is -3.06. The van der Waals surface area contributed by atoms with E-state index in [9.17, 15) is 12.8 Å². The zero-order valence-electron chi connectivity index (χ0n) is 10.8. The SMILES string of the molecule is CS(=O)(=O)C1CCCC(Oc2ccc(N)cc2F)C1. The molecule has 0 heterocycles. The van der Waals surface area contributed by atoms with Crippen molar-refractivity contribution in [2.75, 3.05) is 12.0 Å². The van der Waals surface area contributed by atoms with Crippen molar-refractivity contribution in [1.82, 2.24) is 0 Å². The third-order valence-corrected chi connectivity index (χ3v) is 5.07. The summed E-state index contributed by atoms with van der Waals surface area (Å²) < 4.78 is 42.3. The second-order valence-corrected chi connectivity index (χ2v) is 7.37. The van der Waals surface area contributed by atoms with Crippen molar-refractivity contribution in [2.45, 2.75) is 37.0 Å². The van der Waals surface area contributed by atoms with Crippen molar-refractivity contribution >= 4 is 15.5 Å². The van der Waals surface area contributed by atoms with Crippen LogP contribution >= 0.6 is 0 Å². The zero-order valence-corrected chi connectivity index (χ0v) is 11.6. The molecule has 4 nitrogen and oxygen atoms in total. The summed E-state index contributed by atoms with van der Waals surface area (Å²) >= 11 is 0. The predicted molar refractivity (Wildman–Crippen MR) is 72.3 cm³/mol. The van der Waals surface area contributed by atoms with Crippen LogP contribution < -0.4 is 10.5 Å². The van der Waals surface area contributed by atoms with E-state index in [-0.39, 0.29) is 17.1 Å². The van der Waals surface area contributed by atoms with Crippen LogP contribution in [0.5, 0.6) is 5.75 Å². The maximum atomic E-state index is 13.6. The summed E-state index contributed by atoms with van der Waals surface area (Å²) in [6.45, 7) is 0. The quantitative estimate of drug-likeness (QED) is 0.865. The number of benzene rings is 1. The molecule has 19 heavy (non-hydrogen) atoms. The standard InChI is InChI=1S/C13H18FNO3S/c1-19(16,17)11-4-2-3-10(8-11)18-13-6-5-9(15)7-12(13)14/h5-7,10-11H,2-4,8,15H2,1H3. The van der Waals surface area contributed by atoms with Crippen molar-refractivity contribution in [1.29, 1.82) is 0 Å². The van der Waals surface area contributed by atoms with E-state index < -0.39 is 15.7 Å². The molecule has 2 rings (SSSR count). The van der Waals surface area contributed by atoms with Crippen LogP contribution in [0.2, 0.25) is 0 Å². The van der Waals surface area contributed by atoms with E-state index in [0.29, 0.717) is 18.5 Å². The first kappa shape index (κ1) is 14.1. The van der Waals surface area contributed by atoms with Crippen LogP contribution in [0, 0.1) is 5.82 Å². The van der Waals surface area contributed by atoms with Crippen molar-refractivity contribution in [3.8, 4) is 5.75 Å². The fourth-order valence-corrected chi connectivity index (χ4v) is 3.55. The minimum Gasteiger partial charge on any atom is -0.487 e. The maximum absolute atomic E-state index is 13.6. The molecule has 0 aromatic heterocycles. The Morgan fingerprint density at radius 3 is 2.74 bits per heavy atom. The lowest BCUT2D eigenvalue weighted by atomic mass is 9.97. The lowest BCUT2D eigenvalue weighted by molar-refractivity contribution is 0.150. The number of halogens is 1. The fourth-order valence-electron chi connectivity index (χ4n) is 2.39. The van der Waals surface area contributed by atoms with Gasteiger partial charge in [0.25, 0.3) is 0 Å². The molecule has 106 valence electrons. The molecular weight excluding hydrogens is 269 g/mol. The molecule has 1 aromatic rings. The Bertz CT molecular complexity index is 559. The highest BCUT2D eigenvalue weighted by Crippen LogP contribution is 2.29. The van der Waals surface area contributed by atoms with E-state index >= 15 is 0 Å². The van der Waals surface area contributed by atoms with Crippen molar-refractivity contribution in [2.24, 2.45) is 0 Å². The van der Waals surface area contributed by atoms with E-state index in [1.807, 2.05) is 0 Å². The molecule has 1 aliphatic rings. The Labute approximate surface area is 112 Å². The average Bonchev–Trinajstić information content (AvgIpc) is 2.32. The number of ether oxygens (including phenoxy) is 1. The molecule has 0 bridgehead atoms. The van der Waals surface area contributed by atoms with Crippen LogP contribution in [0.15, 0.2) is 18.2 Å². The Balaban J connectivity index is 2.07. The van der Waals surface area contributed by atoms with Crippen LogP contribution in [0.1, 0.15) is 25.7 Å². The first-order valence-corrected chi connectivity index (χ1v) is 8.22. The number of anilines is 1. The van der Waals surface area contributed by atoms with Gasteiger partial charge in [-0.2, -0.15) is 0 Å². The maximum Gasteiger partial charge on any atom is 0.167 e. The van der Waals surface area contributed by atoms with Crippen LogP contribution in [0.3, 0.4) is 0 Å². The minimum absolute atomic E-state index is 0.133. The number of nitrogen functional groups attached to an aromatic ring is 1. The predicted octanol–water partition coefficient (Wildman–Crippen LogP) is 2.14. The van der Waals surface area contributed by atoms with Crippen LogP contribution in [0.4, 0.5) is 10.1 Å². The molecule has 2 N–H and O–H groups in total. The highest BCUT2D eigenvalue weighted by atomic mass is 32.2. The fraction of sp³-hybridized carbons (Fsp3) is 0.538. The lowest BCUT2D eigenvalue weighted by Crippen LogP contribution is -2.33. The van der Waals surface area contributed by atoms with Gasteiger partial charge >= 0.3 is 0 Å². The molecule has 0 radical (unpaired) electrons. The molecule has 1 saturated carbocycles. The Morgan fingerprint density at radius 1 is 1.37 bits per heavy atom. The van der Waals surface area contributed by atoms with Gasteiger partial charge < -0.3 is 10.5 Å². The molecule has 1 fully saturated rings. The largest absolute Gasteiger partial charge is 0.487 e. The molecule has 2 atom stereocenters. The van der Waals surface area contributed by atoms with Crippen LogP contribution in [-0.4, -0.2) is 26.0 Å². The third-order valence-electron chi connectivity index (χ3n) is 3.43. The number of sulfone groups is 1. The normalized spacial score (nSPS) is 24.1. The van der Waals surface area contributed by atoms with E-state index in [2.05, 4.69) is 0 Å². The summed E-state index contributed by atoms with van der Waals surface area (Å²) in [5.74, 6) is -0.380. The van der Waals surface area contributed by atoms with Crippen molar-refractivity contribution in [3.63, 3.8) is 0 Å². The molecule has 1 aliphatic carbocycles. The third kappa shape index (κ3) is 3.59. The highest BCUT2D eigenvalue weighted by molar-refractivity contribution is 7.91. The monoisotopic (exact) mass is 287 g/mol. The molecule has 2 unspecified atom stereocenters. The van der Waals surface area contributed by atoms with Gasteiger partial charge in [0.05, 0.1) is 5.25 Å². The average molecular weight is 287 g/mol. The number of hydrogen-bond acceptors (Lipinski definition) is 4. The van der Waals surface area contributed by atoms with Crippen molar-refractivity contribution in [3.05, 3.63) is 24.0 Å². The molecule has 0 spiro atoms. The molecule has 1 aromatic carbocycles. The Hall–Kier alpha value is -1.30. The molecule has 0 amide bonds. The van der Waals surface area contributed by atoms with Gasteiger partial charge in [-0.1, -0.05) is 0 Å². The summed E-state index contributed by atoms with van der Waals surface area (Å²) in [4.78, 5) is 0. The highest BCUT2D eigenvalue weighted by Gasteiger charge is 2.30. The summed E-state index contributed by atoms with van der Waals surface area (Å²) in [5.41, 5.74) is 5.80. The van der Waals surface area contributed by atoms with E-state index in [4.69, 9.17) is 10.5 Å². The zero-order chi connectivity index (χ0) is 14.0. The van der Waals surface area contributed by atoms with E-state index in [0.717, 1.165) is 12.8 Å². The summed E-state index contributed by atoms with van der Waals surface area (Å²) in [7, 11) is -3.06. The van der Waals surface area contributed by atoms with Crippen molar-refractivity contribution < 1.29 is 17.5 Å². The molecule has 0 aliphatic heterocycles. The topological polar surface area (TPSA) is 69.4 Å². The van der Waals surface area contributed by atoms with Gasteiger partial charge in [-0.25, -0.2) is 12.8 Å². The van der Waals surface area contributed by atoms with Gasteiger partial charge in [-0.05, 0) is 31.4 Å². The lowest BCUT2D eigenvalue weighted by Gasteiger charge is -2.28. The second kappa shape index (κ2) is 5.36. The van der Waals surface area contributed by atoms with Crippen LogP contribution in [-0.2, 0) is 9.84 Å². The molecule has 6 heteroatoms. The molecular formula is C13H18FNO3S. The van der Waals surface area contributed by atoms with Gasteiger partial charge in [0.1, 0.15) is 15.9 Å². The van der Waals surface area contributed by atoms with Gasteiger partial charge in [0.15, 0.2) is 11.6 Å². The smallest absolute Gasteiger partial charge is 0.167 e. The van der Waals surface area contributed by atoms with E-state index in [1.165, 1.54) is 18.4 Å². The summed E-state index contributed by atoms with van der Waals surface area (Å²) in [5, 5.41) is -0.386. The van der Waals surface area contributed by atoms with Gasteiger partial charge in [-0.3, -0.25) is 0 Å². The number of hydrogen-bond donors (Lipinski definition) is 1.